The number of anilines is 1. The molecule has 1 atom stereocenters. The third-order valence-electron chi connectivity index (χ3n) is 1.94. The zero-order valence-electron chi connectivity index (χ0n) is 8.55. The first-order valence-electron chi connectivity index (χ1n) is 4.47. The van der Waals surface area contributed by atoms with Crippen LogP contribution in [0.3, 0.4) is 0 Å². The fourth-order valence-corrected chi connectivity index (χ4v) is 1.52. The minimum Gasteiger partial charge on any atom is -0.396 e. The monoisotopic (exact) mass is 256 g/mol. The Hall–Kier alpha value is -1.37. The molecule has 5 heteroatoms. The highest BCUT2D eigenvalue weighted by Gasteiger charge is 2.12. The number of halogens is 2. The van der Waals surface area contributed by atoms with Gasteiger partial charge in [0.25, 0.3) is 5.91 Å². The zero-order valence-corrected chi connectivity index (χ0v) is 10.1. The highest BCUT2D eigenvalue weighted by Crippen LogP contribution is 2.28. The maximum absolute atomic E-state index is 11.7. The first-order valence-corrected chi connectivity index (χ1v) is 5.22. The first-order chi connectivity index (χ1) is 7.45. The third kappa shape index (κ3) is 2.82. The van der Waals surface area contributed by atoms with Crippen molar-refractivity contribution < 1.29 is 4.79 Å². The van der Waals surface area contributed by atoms with Crippen LogP contribution in [0.15, 0.2) is 12.1 Å². The molecule has 1 rings (SSSR count). The van der Waals surface area contributed by atoms with Crippen molar-refractivity contribution in [1.82, 2.24) is 5.32 Å². The van der Waals surface area contributed by atoms with E-state index in [9.17, 15) is 4.79 Å². The van der Waals surface area contributed by atoms with Gasteiger partial charge in [0, 0.05) is 5.56 Å². The summed E-state index contributed by atoms with van der Waals surface area (Å²) in [6.07, 6.45) is 5.15. The number of nitrogen functional groups attached to an aromatic ring is 1. The largest absolute Gasteiger partial charge is 0.396 e. The second-order valence-corrected chi connectivity index (χ2v) is 4.03. The van der Waals surface area contributed by atoms with Crippen LogP contribution in [0.25, 0.3) is 0 Å². The lowest BCUT2D eigenvalue weighted by molar-refractivity contribution is 0.0948. The normalized spacial score (nSPS) is 11.6. The Morgan fingerprint density at radius 1 is 1.50 bits per heavy atom. The minimum atomic E-state index is -0.359. The molecule has 0 bridgehead atoms. The van der Waals surface area contributed by atoms with Crippen LogP contribution in [-0.4, -0.2) is 11.9 Å². The number of nitrogens with two attached hydrogens (primary N) is 1. The molecule has 3 N–H and O–H groups in total. The van der Waals surface area contributed by atoms with E-state index in [-0.39, 0.29) is 27.7 Å². The zero-order chi connectivity index (χ0) is 12.3. The molecule has 0 aliphatic carbocycles. The summed E-state index contributed by atoms with van der Waals surface area (Å²) in [5.74, 6) is 2.04. The van der Waals surface area contributed by atoms with Crippen LogP contribution >= 0.6 is 23.2 Å². The van der Waals surface area contributed by atoms with Crippen molar-refractivity contribution in [2.45, 2.75) is 13.0 Å². The molecule has 84 valence electrons. The van der Waals surface area contributed by atoms with Gasteiger partial charge in [0.2, 0.25) is 0 Å². The number of hydrogen-bond acceptors (Lipinski definition) is 2. The second-order valence-electron chi connectivity index (χ2n) is 3.22. The Morgan fingerprint density at radius 3 is 2.44 bits per heavy atom. The second kappa shape index (κ2) is 5.11. The summed E-state index contributed by atoms with van der Waals surface area (Å²) in [7, 11) is 0. The lowest BCUT2D eigenvalue weighted by Crippen LogP contribution is -2.31. The molecule has 0 saturated heterocycles. The van der Waals surface area contributed by atoms with Crippen molar-refractivity contribution in [3.63, 3.8) is 0 Å². The fourth-order valence-electron chi connectivity index (χ4n) is 1.04. The van der Waals surface area contributed by atoms with Gasteiger partial charge in [-0.3, -0.25) is 4.79 Å². The van der Waals surface area contributed by atoms with E-state index in [2.05, 4.69) is 11.2 Å². The fraction of sp³-hybridized carbons (Fsp3) is 0.182. The van der Waals surface area contributed by atoms with Gasteiger partial charge >= 0.3 is 0 Å². The van der Waals surface area contributed by atoms with Gasteiger partial charge in [-0.2, -0.15) is 0 Å². The number of hydrogen-bond donors (Lipinski definition) is 2. The molecule has 0 radical (unpaired) electrons. The van der Waals surface area contributed by atoms with Gasteiger partial charge in [0.1, 0.15) is 0 Å². The molecule has 0 heterocycles. The summed E-state index contributed by atoms with van der Waals surface area (Å²) in [6.45, 7) is 1.69. The van der Waals surface area contributed by atoms with E-state index in [1.807, 2.05) is 0 Å². The summed E-state index contributed by atoms with van der Waals surface area (Å²) in [5.41, 5.74) is 6.13. The van der Waals surface area contributed by atoms with E-state index in [0.29, 0.717) is 5.56 Å². The third-order valence-corrected chi connectivity index (χ3v) is 2.56. The van der Waals surface area contributed by atoms with Crippen molar-refractivity contribution in [2.24, 2.45) is 0 Å². The Labute approximate surface area is 104 Å². The van der Waals surface area contributed by atoms with Crippen molar-refractivity contribution in [2.75, 3.05) is 5.73 Å². The molecular formula is C11H10Cl2N2O. The first kappa shape index (κ1) is 12.7. The highest BCUT2D eigenvalue weighted by atomic mass is 35.5. The number of rotatable bonds is 2. The minimum absolute atomic E-state index is 0.242. The molecule has 0 fully saturated rings. The van der Waals surface area contributed by atoms with Crippen LogP contribution in [0.5, 0.6) is 0 Å². The number of carbonyl (C=O) groups excluding carboxylic acids is 1. The lowest BCUT2D eigenvalue weighted by Gasteiger charge is -2.09. The molecule has 16 heavy (non-hydrogen) atoms. The average Bonchev–Trinajstić information content (AvgIpc) is 2.24. The van der Waals surface area contributed by atoms with Crippen LogP contribution in [0, 0.1) is 12.3 Å². The molecule has 0 aromatic heterocycles. The van der Waals surface area contributed by atoms with Gasteiger partial charge in [-0.15, -0.1) is 6.42 Å². The van der Waals surface area contributed by atoms with E-state index < -0.39 is 0 Å². The molecule has 0 aliphatic rings. The molecule has 1 unspecified atom stereocenters. The average molecular weight is 257 g/mol. The molecule has 1 amide bonds. The van der Waals surface area contributed by atoms with E-state index in [1.54, 1.807) is 6.92 Å². The van der Waals surface area contributed by atoms with Gasteiger partial charge < -0.3 is 11.1 Å². The van der Waals surface area contributed by atoms with Gasteiger partial charge in [-0.25, -0.2) is 0 Å². The standard InChI is InChI=1S/C11H10Cl2N2O/c1-3-6(2)15-11(16)7-4-8(12)10(14)9(13)5-7/h1,4-6H,14H2,2H3,(H,15,16). The van der Waals surface area contributed by atoms with Crippen molar-refractivity contribution in [1.29, 1.82) is 0 Å². The highest BCUT2D eigenvalue weighted by molar-refractivity contribution is 6.39. The van der Waals surface area contributed by atoms with E-state index in [0.717, 1.165) is 0 Å². The topological polar surface area (TPSA) is 55.1 Å². The lowest BCUT2D eigenvalue weighted by atomic mass is 10.2. The van der Waals surface area contributed by atoms with Crippen LogP contribution in [0.2, 0.25) is 10.0 Å². The predicted molar refractivity (Wildman–Crippen MR) is 66.6 cm³/mol. The van der Waals surface area contributed by atoms with E-state index in [1.165, 1.54) is 12.1 Å². The molecule has 1 aromatic carbocycles. The van der Waals surface area contributed by atoms with Crippen LogP contribution in [-0.2, 0) is 0 Å². The van der Waals surface area contributed by atoms with E-state index in [4.69, 9.17) is 35.4 Å². The summed E-state index contributed by atoms with van der Waals surface area (Å²) in [5, 5.41) is 3.07. The molecule has 3 nitrogen and oxygen atoms in total. The number of terminal acetylenes is 1. The summed E-state index contributed by atoms with van der Waals surface area (Å²) >= 11 is 11.6. The van der Waals surface area contributed by atoms with E-state index >= 15 is 0 Å². The maximum Gasteiger partial charge on any atom is 0.252 e. The Morgan fingerprint density at radius 2 is 2.00 bits per heavy atom. The Balaban J connectivity index is 2.98. The summed E-state index contributed by atoms with van der Waals surface area (Å²) in [4.78, 5) is 11.7. The number of carbonyl (C=O) groups is 1. The Bertz CT molecular complexity index is 443. The van der Waals surface area contributed by atoms with Gasteiger partial charge in [0.05, 0.1) is 21.8 Å². The SMILES string of the molecule is C#CC(C)NC(=O)c1cc(Cl)c(N)c(Cl)c1. The molecule has 0 spiro atoms. The number of benzene rings is 1. The molecular weight excluding hydrogens is 247 g/mol. The smallest absolute Gasteiger partial charge is 0.252 e. The van der Waals surface area contributed by atoms with Crippen LogP contribution in [0.1, 0.15) is 17.3 Å². The molecule has 0 saturated carbocycles. The quantitative estimate of drug-likeness (QED) is 0.631. The maximum atomic E-state index is 11.7. The van der Waals surface area contributed by atoms with Crippen LogP contribution in [0.4, 0.5) is 5.69 Å². The number of nitrogens with one attached hydrogen (secondary N) is 1. The van der Waals surface area contributed by atoms with Gasteiger partial charge in [-0.05, 0) is 19.1 Å². The van der Waals surface area contributed by atoms with Gasteiger partial charge in [0.15, 0.2) is 0 Å². The predicted octanol–water partition coefficient (Wildman–Crippen LogP) is 2.33. The van der Waals surface area contributed by atoms with Crippen LogP contribution < -0.4 is 11.1 Å². The molecule has 0 aliphatic heterocycles. The summed E-state index contributed by atoms with van der Waals surface area (Å²) < 4.78 is 0. The van der Waals surface area contributed by atoms with Crippen molar-refractivity contribution in [3.8, 4) is 12.3 Å². The van der Waals surface area contributed by atoms with Crippen molar-refractivity contribution >= 4 is 34.8 Å². The van der Waals surface area contributed by atoms with Gasteiger partial charge in [-0.1, -0.05) is 29.1 Å². The number of amides is 1. The molecule has 1 aromatic rings. The summed E-state index contributed by atoms with van der Waals surface area (Å²) in [6, 6.07) is 2.53. The Kier molecular flexibility index (Phi) is 4.05. The van der Waals surface area contributed by atoms with Crippen molar-refractivity contribution in [3.05, 3.63) is 27.7 Å².